The second kappa shape index (κ2) is 5.97. The van der Waals surface area contributed by atoms with Crippen LogP contribution in [0, 0.1) is 4.71 Å². The molecule has 3 nitrogen and oxygen atoms in total. The molecule has 25 heavy (non-hydrogen) atoms. The number of hydrogen-bond acceptors (Lipinski definition) is 4. The highest BCUT2D eigenvalue weighted by Crippen LogP contribution is 2.29. The third-order valence-electron chi connectivity index (χ3n) is 4.39. The Hall–Kier alpha value is -2.72. The Morgan fingerprint density at radius 2 is 1.64 bits per heavy atom. The summed E-state index contributed by atoms with van der Waals surface area (Å²) in [5.74, 6) is 0.455. The minimum absolute atomic E-state index is 0.362. The molecule has 0 atom stereocenters. The van der Waals surface area contributed by atoms with E-state index >= 15 is 0 Å². The molecule has 0 N–H and O–H groups in total. The maximum Gasteiger partial charge on any atom is 0.347 e. The smallest absolute Gasteiger partial charge is 0.347 e. The van der Waals surface area contributed by atoms with Gasteiger partial charge in [-0.15, -0.1) is 0 Å². The summed E-state index contributed by atoms with van der Waals surface area (Å²) < 4.78 is 11.6. The Labute approximate surface area is 149 Å². The molecular weight excluding hydrogens is 332 g/mol. The van der Waals surface area contributed by atoms with Crippen LogP contribution < -0.4 is 5.63 Å². The summed E-state index contributed by atoms with van der Waals surface area (Å²) in [6, 6.07) is 17.2. The highest BCUT2D eigenvalue weighted by Gasteiger charge is 2.13. The SMILES string of the molecule is CC(C)c1ccc(-c2cc3c(=O)oc4ccccc4c3oc2=S)cc1. The highest BCUT2D eigenvalue weighted by atomic mass is 32.1. The van der Waals surface area contributed by atoms with Crippen LogP contribution in [0.15, 0.2) is 68.2 Å². The molecule has 4 heteroatoms. The topological polar surface area (TPSA) is 43.4 Å². The van der Waals surface area contributed by atoms with E-state index in [-0.39, 0.29) is 0 Å². The van der Waals surface area contributed by atoms with Crippen LogP contribution in [0.4, 0.5) is 0 Å². The van der Waals surface area contributed by atoms with Crippen molar-refractivity contribution in [3.8, 4) is 11.1 Å². The van der Waals surface area contributed by atoms with E-state index in [1.54, 1.807) is 12.1 Å². The maximum absolute atomic E-state index is 12.4. The van der Waals surface area contributed by atoms with Gasteiger partial charge in [0.15, 0.2) is 10.3 Å². The van der Waals surface area contributed by atoms with Crippen LogP contribution in [0.25, 0.3) is 33.1 Å². The van der Waals surface area contributed by atoms with Crippen LogP contribution in [0.2, 0.25) is 0 Å². The molecule has 4 aromatic rings. The predicted molar refractivity (Wildman–Crippen MR) is 103 cm³/mol. The van der Waals surface area contributed by atoms with E-state index < -0.39 is 5.63 Å². The van der Waals surface area contributed by atoms with Gasteiger partial charge in [0.05, 0.1) is 5.39 Å². The van der Waals surface area contributed by atoms with Gasteiger partial charge in [-0.25, -0.2) is 4.79 Å². The Bertz CT molecular complexity index is 1200. The second-order valence-corrected chi connectivity index (χ2v) is 6.72. The van der Waals surface area contributed by atoms with Gasteiger partial charge >= 0.3 is 5.63 Å². The fourth-order valence-corrected chi connectivity index (χ4v) is 3.23. The third kappa shape index (κ3) is 2.68. The van der Waals surface area contributed by atoms with Crippen LogP contribution in [0.5, 0.6) is 0 Å². The van der Waals surface area contributed by atoms with E-state index in [1.807, 2.05) is 30.3 Å². The average molecular weight is 348 g/mol. The molecule has 0 amide bonds. The lowest BCUT2D eigenvalue weighted by atomic mass is 9.99. The lowest BCUT2D eigenvalue weighted by Gasteiger charge is -2.08. The Morgan fingerprint density at radius 1 is 0.920 bits per heavy atom. The zero-order chi connectivity index (χ0) is 17.6. The molecule has 0 aliphatic rings. The van der Waals surface area contributed by atoms with E-state index in [2.05, 4.69) is 26.0 Å². The molecule has 0 spiro atoms. The summed E-state index contributed by atoms with van der Waals surface area (Å²) in [4.78, 5) is 12.4. The molecule has 0 radical (unpaired) electrons. The van der Waals surface area contributed by atoms with Gasteiger partial charge in [0.2, 0.25) is 0 Å². The van der Waals surface area contributed by atoms with Crippen molar-refractivity contribution >= 4 is 34.2 Å². The third-order valence-corrected chi connectivity index (χ3v) is 4.69. The number of fused-ring (bicyclic) bond motifs is 3. The summed E-state index contributed by atoms with van der Waals surface area (Å²) in [6.45, 7) is 4.30. The normalized spacial score (nSPS) is 11.5. The first kappa shape index (κ1) is 15.8. The van der Waals surface area contributed by atoms with Gasteiger partial charge in [0, 0.05) is 5.56 Å². The molecular formula is C21H16O3S. The summed E-state index contributed by atoms with van der Waals surface area (Å²) in [5.41, 5.74) is 3.44. The molecule has 0 fully saturated rings. The Balaban J connectivity index is 1.99. The molecule has 0 aliphatic heterocycles. The van der Waals surface area contributed by atoms with Crippen LogP contribution in [-0.4, -0.2) is 0 Å². The van der Waals surface area contributed by atoms with E-state index in [0.29, 0.717) is 27.2 Å². The molecule has 124 valence electrons. The van der Waals surface area contributed by atoms with Crippen LogP contribution in [-0.2, 0) is 0 Å². The van der Waals surface area contributed by atoms with Gasteiger partial charge in [0.1, 0.15) is 11.0 Å². The predicted octanol–water partition coefficient (Wildman–Crippen LogP) is 6.06. The maximum atomic E-state index is 12.4. The van der Waals surface area contributed by atoms with Crippen molar-refractivity contribution in [3.63, 3.8) is 0 Å². The van der Waals surface area contributed by atoms with Gasteiger partial charge < -0.3 is 8.83 Å². The second-order valence-electron chi connectivity index (χ2n) is 6.35. The molecule has 2 aromatic heterocycles. The monoisotopic (exact) mass is 348 g/mol. The Kier molecular flexibility index (Phi) is 3.77. The number of rotatable bonds is 2. The van der Waals surface area contributed by atoms with Crippen LogP contribution >= 0.6 is 12.2 Å². The molecule has 0 bridgehead atoms. The summed E-state index contributed by atoms with van der Waals surface area (Å²) in [6.07, 6.45) is 0. The number of para-hydroxylation sites is 1. The minimum Gasteiger partial charge on any atom is -0.444 e. The van der Waals surface area contributed by atoms with Crippen molar-refractivity contribution in [2.24, 2.45) is 0 Å². The summed E-state index contributed by atoms with van der Waals surface area (Å²) in [5, 5.41) is 1.14. The van der Waals surface area contributed by atoms with Gasteiger partial charge in [-0.3, -0.25) is 0 Å². The zero-order valence-corrected chi connectivity index (χ0v) is 14.7. The van der Waals surface area contributed by atoms with Crippen molar-refractivity contribution in [1.82, 2.24) is 0 Å². The number of hydrogen-bond donors (Lipinski definition) is 0. The quantitative estimate of drug-likeness (QED) is 0.251. The molecule has 4 rings (SSSR count). The summed E-state index contributed by atoms with van der Waals surface area (Å²) >= 11 is 5.45. The van der Waals surface area contributed by atoms with E-state index in [0.717, 1.165) is 16.5 Å². The van der Waals surface area contributed by atoms with Gasteiger partial charge in [0.25, 0.3) is 0 Å². The standard InChI is InChI=1S/C21H16O3S/c1-12(2)13-7-9-14(10-8-13)16-11-17-19(24-21(16)25)15-5-3-4-6-18(15)23-20(17)22/h3-12H,1-2H3. The lowest BCUT2D eigenvalue weighted by molar-refractivity contribution is 0.554. The first-order valence-corrected chi connectivity index (χ1v) is 8.55. The number of benzene rings is 2. The van der Waals surface area contributed by atoms with Crippen LogP contribution in [0.1, 0.15) is 25.3 Å². The fourth-order valence-electron chi connectivity index (χ4n) is 2.97. The fraction of sp³-hybridized carbons (Fsp3) is 0.143. The van der Waals surface area contributed by atoms with Gasteiger partial charge in [-0.2, -0.15) is 0 Å². The van der Waals surface area contributed by atoms with Crippen molar-refractivity contribution < 1.29 is 8.83 Å². The van der Waals surface area contributed by atoms with Crippen LogP contribution in [0.3, 0.4) is 0 Å². The van der Waals surface area contributed by atoms with E-state index in [1.165, 1.54) is 5.56 Å². The first-order valence-electron chi connectivity index (χ1n) is 8.14. The van der Waals surface area contributed by atoms with Crippen molar-refractivity contribution in [2.75, 3.05) is 0 Å². The average Bonchev–Trinajstić information content (AvgIpc) is 2.61. The molecule has 0 aliphatic carbocycles. The van der Waals surface area contributed by atoms with Crippen molar-refractivity contribution in [1.29, 1.82) is 0 Å². The lowest BCUT2D eigenvalue weighted by Crippen LogP contribution is -2.00. The zero-order valence-electron chi connectivity index (χ0n) is 13.9. The Morgan fingerprint density at radius 3 is 2.36 bits per heavy atom. The molecule has 2 heterocycles. The molecule has 0 saturated heterocycles. The molecule has 0 saturated carbocycles. The minimum atomic E-state index is -0.424. The van der Waals surface area contributed by atoms with Gasteiger partial charge in [-0.05, 0) is 47.5 Å². The largest absolute Gasteiger partial charge is 0.444 e. The highest BCUT2D eigenvalue weighted by molar-refractivity contribution is 7.71. The van der Waals surface area contributed by atoms with Gasteiger partial charge in [-0.1, -0.05) is 50.2 Å². The first-order chi connectivity index (χ1) is 12.0. The molecule has 2 aromatic carbocycles. The van der Waals surface area contributed by atoms with Crippen molar-refractivity contribution in [3.05, 3.63) is 75.3 Å². The van der Waals surface area contributed by atoms with E-state index in [4.69, 9.17) is 21.1 Å². The molecule has 0 unspecified atom stereocenters. The van der Waals surface area contributed by atoms with E-state index in [9.17, 15) is 4.79 Å². The summed E-state index contributed by atoms with van der Waals surface area (Å²) in [7, 11) is 0. The van der Waals surface area contributed by atoms with Crippen molar-refractivity contribution in [2.45, 2.75) is 19.8 Å².